The summed E-state index contributed by atoms with van der Waals surface area (Å²) in [5.74, 6) is -1.11. The molecule has 2 rings (SSSR count). The fraction of sp³-hybridized carbons (Fsp3) is 0.333. The standard InChI is InChI=1S/C12H11BrClNO3/c13-8-1-2-9(14)7(5-8)6-15-10(12(17)18)3-4-11(15)16/h1-2,5,10H,3-4,6H2,(H,17,18). The van der Waals surface area contributed by atoms with Gasteiger partial charge in [0.15, 0.2) is 0 Å². The number of aliphatic carboxylic acids is 1. The molecule has 96 valence electrons. The minimum atomic E-state index is -0.966. The largest absolute Gasteiger partial charge is 0.480 e. The Labute approximate surface area is 118 Å². The molecule has 1 fully saturated rings. The highest BCUT2D eigenvalue weighted by Crippen LogP contribution is 2.27. The van der Waals surface area contributed by atoms with E-state index in [1.54, 1.807) is 18.2 Å². The number of halogens is 2. The van der Waals surface area contributed by atoms with Gasteiger partial charge in [0, 0.05) is 22.5 Å². The highest BCUT2D eigenvalue weighted by atomic mass is 79.9. The Morgan fingerprint density at radius 3 is 2.94 bits per heavy atom. The molecule has 1 aromatic rings. The first-order valence-corrected chi connectivity index (χ1v) is 6.62. The van der Waals surface area contributed by atoms with E-state index >= 15 is 0 Å². The molecule has 6 heteroatoms. The zero-order chi connectivity index (χ0) is 13.3. The van der Waals surface area contributed by atoms with Crippen LogP contribution in [0.2, 0.25) is 5.02 Å². The Morgan fingerprint density at radius 2 is 2.28 bits per heavy atom. The molecule has 1 saturated heterocycles. The molecule has 0 saturated carbocycles. The first-order valence-electron chi connectivity index (χ1n) is 5.45. The maximum Gasteiger partial charge on any atom is 0.326 e. The predicted molar refractivity (Wildman–Crippen MR) is 70.4 cm³/mol. The first-order chi connectivity index (χ1) is 8.49. The van der Waals surface area contributed by atoms with Gasteiger partial charge in [-0.25, -0.2) is 4.79 Å². The normalized spacial score (nSPS) is 19.3. The van der Waals surface area contributed by atoms with Crippen molar-refractivity contribution in [1.82, 2.24) is 4.90 Å². The van der Waals surface area contributed by atoms with E-state index in [2.05, 4.69) is 15.9 Å². The van der Waals surface area contributed by atoms with Gasteiger partial charge in [0.1, 0.15) is 6.04 Å². The van der Waals surface area contributed by atoms with E-state index in [4.69, 9.17) is 16.7 Å². The Bertz CT molecular complexity index is 506. The van der Waals surface area contributed by atoms with Gasteiger partial charge in [-0.15, -0.1) is 0 Å². The Kier molecular flexibility index (Phi) is 3.92. The number of nitrogens with zero attached hydrogens (tertiary/aromatic N) is 1. The zero-order valence-corrected chi connectivity index (χ0v) is 11.7. The molecule has 0 aliphatic carbocycles. The molecular formula is C12H11BrClNO3. The molecule has 0 spiro atoms. The van der Waals surface area contributed by atoms with Crippen molar-refractivity contribution >= 4 is 39.4 Å². The molecule has 1 atom stereocenters. The number of carboxylic acid groups (broad SMARTS) is 1. The van der Waals surface area contributed by atoms with Crippen LogP contribution in [0, 0.1) is 0 Å². The average Bonchev–Trinajstić information content (AvgIpc) is 2.66. The highest BCUT2D eigenvalue weighted by Gasteiger charge is 2.36. The number of rotatable bonds is 3. The van der Waals surface area contributed by atoms with E-state index in [1.165, 1.54) is 4.90 Å². The predicted octanol–water partition coefficient (Wildman–Crippen LogP) is 2.68. The van der Waals surface area contributed by atoms with Gasteiger partial charge < -0.3 is 10.0 Å². The van der Waals surface area contributed by atoms with Gasteiger partial charge in [-0.3, -0.25) is 4.79 Å². The van der Waals surface area contributed by atoms with Crippen LogP contribution in [0.25, 0.3) is 0 Å². The second-order valence-electron chi connectivity index (χ2n) is 4.15. The summed E-state index contributed by atoms with van der Waals surface area (Å²) in [5.41, 5.74) is 0.743. The number of benzene rings is 1. The lowest BCUT2D eigenvalue weighted by molar-refractivity contribution is -0.146. The number of hydrogen-bond donors (Lipinski definition) is 1. The molecule has 1 aromatic carbocycles. The van der Waals surface area contributed by atoms with Gasteiger partial charge in [-0.05, 0) is 30.2 Å². The van der Waals surface area contributed by atoms with Crippen LogP contribution in [0.3, 0.4) is 0 Å². The average molecular weight is 333 g/mol. The smallest absolute Gasteiger partial charge is 0.326 e. The SMILES string of the molecule is O=C(O)C1CCC(=O)N1Cc1cc(Br)ccc1Cl. The van der Waals surface area contributed by atoms with Crippen molar-refractivity contribution in [3.05, 3.63) is 33.3 Å². The number of carboxylic acids is 1. The minimum Gasteiger partial charge on any atom is -0.480 e. The molecule has 1 aliphatic rings. The second kappa shape index (κ2) is 5.28. The van der Waals surface area contributed by atoms with E-state index in [1.807, 2.05) is 0 Å². The number of hydrogen-bond acceptors (Lipinski definition) is 2. The maximum absolute atomic E-state index is 11.7. The van der Waals surface area contributed by atoms with Gasteiger partial charge in [0.25, 0.3) is 0 Å². The summed E-state index contributed by atoms with van der Waals surface area (Å²) >= 11 is 9.37. The van der Waals surface area contributed by atoms with Gasteiger partial charge >= 0.3 is 5.97 Å². The summed E-state index contributed by atoms with van der Waals surface area (Å²) < 4.78 is 0.848. The van der Waals surface area contributed by atoms with Crippen LogP contribution < -0.4 is 0 Å². The summed E-state index contributed by atoms with van der Waals surface area (Å²) in [4.78, 5) is 24.1. The number of amides is 1. The third-order valence-corrected chi connectivity index (χ3v) is 3.82. The molecule has 0 bridgehead atoms. The van der Waals surface area contributed by atoms with Crippen LogP contribution in [-0.2, 0) is 16.1 Å². The summed E-state index contributed by atoms with van der Waals surface area (Å²) in [7, 11) is 0. The van der Waals surface area contributed by atoms with Crippen molar-refractivity contribution in [2.45, 2.75) is 25.4 Å². The molecular weight excluding hydrogens is 321 g/mol. The lowest BCUT2D eigenvalue weighted by Crippen LogP contribution is -2.37. The Morgan fingerprint density at radius 1 is 1.56 bits per heavy atom. The van der Waals surface area contributed by atoms with Crippen molar-refractivity contribution in [3.8, 4) is 0 Å². The Balaban J connectivity index is 2.24. The van der Waals surface area contributed by atoms with Gasteiger partial charge in [-0.1, -0.05) is 27.5 Å². The summed E-state index contributed by atoms with van der Waals surface area (Å²) in [5, 5.41) is 9.60. The Hall–Kier alpha value is -1.07. The maximum atomic E-state index is 11.7. The van der Waals surface area contributed by atoms with Crippen molar-refractivity contribution in [3.63, 3.8) is 0 Å². The van der Waals surface area contributed by atoms with E-state index in [0.29, 0.717) is 11.4 Å². The van der Waals surface area contributed by atoms with Crippen LogP contribution in [0.1, 0.15) is 18.4 Å². The molecule has 1 aliphatic heterocycles. The van der Waals surface area contributed by atoms with E-state index in [0.717, 1.165) is 10.0 Å². The molecule has 1 heterocycles. The monoisotopic (exact) mass is 331 g/mol. The van der Waals surface area contributed by atoms with Crippen molar-refractivity contribution in [2.75, 3.05) is 0 Å². The van der Waals surface area contributed by atoms with Crippen LogP contribution in [0.4, 0.5) is 0 Å². The van der Waals surface area contributed by atoms with Gasteiger partial charge in [0.05, 0.1) is 0 Å². The highest BCUT2D eigenvalue weighted by molar-refractivity contribution is 9.10. The third-order valence-electron chi connectivity index (χ3n) is 2.96. The lowest BCUT2D eigenvalue weighted by atomic mass is 10.2. The fourth-order valence-electron chi connectivity index (χ4n) is 2.04. The lowest BCUT2D eigenvalue weighted by Gasteiger charge is -2.22. The first kappa shape index (κ1) is 13.4. The van der Waals surface area contributed by atoms with Gasteiger partial charge in [0.2, 0.25) is 5.91 Å². The van der Waals surface area contributed by atoms with Crippen LogP contribution in [-0.4, -0.2) is 27.9 Å². The molecule has 0 radical (unpaired) electrons. The summed E-state index contributed by atoms with van der Waals surface area (Å²) in [6.45, 7) is 0.230. The summed E-state index contributed by atoms with van der Waals surface area (Å²) in [6, 6.07) is 4.57. The van der Waals surface area contributed by atoms with Gasteiger partial charge in [-0.2, -0.15) is 0 Å². The number of likely N-dealkylation sites (tertiary alicyclic amines) is 1. The molecule has 4 nitrogen and oxygen atoms in total. The molecule has 18 heavy (non-hydrogen) atoms. The van der Waals surface area contributed by atoms with E-state index in [-0.39, 0.29) is 18.9 Å². The van der Waals surface area contributed by atoms with Crippen molar-refractivity contribution in [2.24, 2.45) is 0 Å². The van der Waals surface area contributed by atoms with Crippen LogP contribution in [0.15, 0.2) is 22.7 Å². The molecule has 0 aromatic heterocycles. The van der Waals surface area contributed by atoms with Crippen molar-refractivity contribution < 1.29 is 14.7 Å². The zero-order valence-electron chi connectivity index (χ0n) is 9.40. The fourth-order valence-corrected chi connectivity index (χ4v) is 2.62. The van der Waals surface area contributed by atoms with Crippen LogP contribution >= 0.6 is 27.5 Å². The topological polar surface area (TPSA) is 57.6 Å². The molecule has 1 N–H and O–H groups in total. The quantitative estimate of drug-likeness (QED) is 0.926. The third kappa shape index (κ3) is 2.67. The minimum absolute atomic E-state index is 0.140. The molecule has 1 unspecified atom stereocenters. The number of carbonyl (C=O) groups is 2. The second-order valence-corrected chi connectivity index (χ2v) is 5.47. The van der Waals surface area contributed by atoms with Crippen LogP contribution in [0.5, 0.6) is 0 Å². The van der Waals surface area contributed by atoms with E-state index in [9.17, 15) is 9.59 Å². The number of carbonyl (C=O) groups excluding carboxylic acids is 1. The molecule has 1 amide bonds. The van der Waals surface area contributed by atoms with Crippen molar-refractivity contribution in [1.29, 1.82) is 0 Å². The summed E-state index contributed by atoms with van der Waals surface area (Å²) in [6.07, 6.45) is 0.641. The van der Waals surface area contributed by atoms with E-state index < -0.39 is 12.0 Å².